The minimum absolute atomic E-state index is 0.134. The Hall–Kier alpha value is -0.820. The topological polar surface area (TPSA) is 72.7 Å². The van der Waals surface area contributed by atoms with Crippen LogP contribution in [0.25, 0.3) is 0 Å². The Morgan fingerprint density at radius 2 is 2.11 bits per heavy atom. The highest BCUT2D eigenvalue weighted by Gasteiger charge is 2.14. The molecule has 104 valence electrons. The van der Waals surface area contributed by atoms with Crippen LogP contribution >= 0.6 is 0 Å². The van der Waals surface area contributed by atoms with Gasteiger partial charge in [0.2, 0.25) is 0 Å². The van der Waals surface area contributed by atoms with E-state index in [0.717, 1.165) is 25.3 Å². The van der Waals surface area contributed by atoms with E-state index in [-0.39, 0.29) is 6.04 Å². The third kappa shape index (κ3) is 5.22. The van der Waals surface area contributed by atoms with Crippen LogP contribution in [-0.4, -0.2) is 43.0 Å². The third-order valence-corrected chi connectivity index (χ3v) is 3.44. The van der Waals surface area contributed by atoms with Gasteiger partial charge in [0.05, 0.1) is 6.04 Å². The largest absolute Gasteiger partial charge is 0.307 e. The van der Waals surface area contributed by atoms with Crippen LogP contribution in [0, 0.1) is 5.92 Å². The molecule has 1 heterocycles. The van der Waals surface area contributed by atoms with Gasteiger partial charge in [0.1, 0.15) is 0 Å². The van der Waals surface area contributed by atoms with Gasteiger partial charge < -0.3 is 5.32 Å². The van der Waals surface area contributed by atoms with E-state index in [1.807, 2.05) is 0 Å². The van der Waals surface area contributed by atoms with Crippen molar-refractivity contribution in [3.8, 4) is 0 Å². The molecule has 1 N–H and O–H groups in total. The smallest absolute Gasteiger partial charge is 0.167 e. The van der Waals surface area contributed by atoms with Gasteiger partial charge in [-0.2, -0.15) is 0 Å². The van der Waals surface area contributed by atoms with E-state index in [0.29, 0.717) is 11.7 Å². The summed E-state index contributed by atoms with van der Waals surface area (Å²) >= 11 is 0. The van der Waals surface area contributed by atoms with Gasteiger partial charge in [-0.05, 0) is 36.2 Å². The molecule has 7 heteroatoms. The molecule has 0 aliphatic carbocycles. The monoisotopic (exact) mass is 273 g/mol. The molecule has 0 amide bonds. The van der Waals surface area contributed by atoms with Gasteiger partial charge >= 0.3 is 0 Å². The molecule has 1 aromatic rings. The Bertz CT molecular complexity index is 379. The molecule has 0 bridgehead atoms. The fraction of sp³-hybridized carbons (Fsp3) is 0.909. The van der Waals surface area contributed by atoms with E-state index >= 15 is 0 Å². The Labute approximate surface area is 111 Å². The van der Waals surface area contributed by atoms with Crippen LogP contribution in [0.2, 0.25) is 0 Å². The Kier molecular flexibility index (Phi) is 6.42. The van der Waals surface area contributed by atoms with E-state index in [1.54, 1.807) is 10.9 Å². The van der Waals surface area contributed by atoms with Gasteiger partial charge in [0.15, 0.2) is 5.82 Å². The fourth-order valence-corrected chi connectivity index (χ4v) is 2.14. The lowest BCUT2D eigenvalue weighted by Gasteiger charge is -2.14. The highest BCUT2D eigenvalue weighted by atomic mass is 32.2. The van der Waals surface area contributed by atoms with Crippen molar-refractivity contribution in [2.24, 2.45) is 5.92 Å². The second-order valence-corrected chi connectivity index (χ2v) is 6.47. The van der Waals surface area contributed by atoms with Crippen LogP contribution in [-0.2, 0) is 17.3 Å². The Morgan fingerprint density at radius 3 is 2.72 bits per heavy atom. The summed E-state index contributed by atoms with van der Waals surface area (Å²) < 4.78 is 12.8. The number of aromatic nitrogens is 4. The molecule has 1 aromatic heterocycles. The van der Waals surface area contributed by atoms with E-state index < -0.39 is 10.8 Å². The second kappa shape index (κ2) is 7.58. The number of hydrogen-bond acceptors (Lipinski definition) is 5. The van der Waals surface area contributed by atoms with Crippen LogP contribution in [0.1, 0.15) is 39.1 Å². The summed E-state index contributed by atoms with van der Waals surface area (Å²) in [5.74, 6) is 2.13. The summed E-state index contributed by atoms with van der Waals surface area (Å²) in [6, 6.07) is 0.134. The normalized spacial score (nSPS) is 14.9. The molecule has 0 spiro atoms. The molecule has 0 saturated heterocycles. The first-order valence-electron chi connectivity index (χ1n) is 6.30. The van der Waals surface area contributed by atoms with Gasteiger partial charge in [0, 0.05) is 29.4 Å². The molecule has 6 nitrogen and oxygen atoms in total. The predicted octanol–water partition coefficient (Wildman–Crippen LogP) is 0.748. The van der Waals surface area contributed by atoms with Crippen LogP contribution in [0.5, 0.6) is 0 Å². The van der Waals surface area contributed by atoms with Gasteiger partial charge in [0.25, 0.3) is 0 Å². The maximum atomic E-state index is 11.0. The molecule has 0 saturated carbocycles. The average molecular weight is 273 g/mol. The van der Waals surface area contributed by atoms with Crippen LogP contribution in [0.15, 0.2) is 0 Å². The van der Waals surface area contributed by atoms with E-state index in [9.17, 15) is 4.21 Å². The number of hydrogen-bond donors (Lipinski definition) is 1. The van der Waals surface area contributed by atoms with E-state index in [2.05, 4.69) is 41.6 Å². The van der Waals surface area contributed by atoms with Crippen molar-refractivity contribution in [3.05, 3.63) is 5.82 Å². The lowest BCUT2D eigenvalue weighted by Crippen LogP contribution is -2.26. The standard InChI is InChI=1S/C11H23N5OS/c1-9(2)8-12-10(3)11-13-14-15-16(11)6-5-7-18(4)17/h9-10,12H,5-8H2,1-4H3. The molecular formula is C11H23N5OS. The van der Waals surface area contributed by atoms with Crippen LogP contribution in [0.3, 0.4) is 0 Å². The summed E-state index contributed by atoms with van der Waals surface area (Å²) in [7, 11) is -0.752. The van der Waals surface area contributed by atoms with Crippen molar-refractivity contribution >= 4 is 10.8 Å². The van der Waals surface area contributed by atoms with Gasteiger partial charge in [-0.3, -0.25) is 4.21 Å². The molecule has 18 heavy (non-hydrogen) atoms. The summed E-state index contributed by atoms with van der Waals surface area (Å²) in [6.45, 7) is 8.05. The van der Waals surface area contributed by atoms with Gasteiger partial charge in [-0.25, -0.2) is 4.68 Å². The number of tetrazole rings is 1. The van der Waals surface area contributed by atoms with Crippen molar-refractivity contribution in [1.82, 2.24) is 25.5 Å². The average Bonchev–Trinajstić information content (AvgIpc) is 2.73. The van der Waals surface area contributed by atoms with Crippen molar-refractivity contribution in [2.75, 3.05) is 18.6 Å². The number of aryl methyl sites for hydroxylation is 1. The maximum Gasteiger partial charge on any atom is 0.167 e. The molecule has 0 radical (unpaired) electrons. The molecule has 0 aliphatic heterocycles. The minimum atomic E-state index is -0.752. The first-order chi connectivity index (χ1) is 8.50. The highest BCUT2D eigenvalue weighted by molar-refractivity contribution is 7.84. The summed E-state index contributed by atoms with van der Waals surface area (Å²) in [4.78, 5) is 0. The molecular weight excluding hydrogens is 250 g/mol. The predicted molar refractivity (Wildman–Crippen MR) is 72.6 cm³/mol. The van der Waals surface area contributed by atoms with Gasteiger partial charge in [-0.1, -0.05) is 13.8 Å². The summed E-state index contributed by atoms with van der Waals surface area (Å²) in [6.07, 6.45) is 2.55. The van der Waals surface area contributed by atoms with Gasteiger partial charge in [-0.15, -0.1) is 5.10 Å². The number of nitrogens with zero attached hydrogens (tertiary/aromatic N) is 4. The SMILES string of the molecule is CC(C)CNC(C)c1nnnn1CCCS(C)=O. The first kappa shape index (κ1) is 15.2. The zero-order valence-electron chi connectivity index (χ0n) is 11.6. The molecule has 0 fully saturated rings. The van der Waals surface area contributed by atoms with Crippen molar-refractivity contribution < 1.29 is 4.21 Å². The Morgan fingerprint density at radius 1 is 1.39 bits per heavy atom. The Balaban J connectivity index is 2.50. The fourth-order valence-electron chi connectivity index (χ4n) is 1.60. The van der Waals surface area contributed by atoms with Crippen molar-refractivity contribution in [1.29, 1.82) is 0 Å². The molecule has 0 aromatic carbocycles. The van der Waals surface area contributed by atoms with Crippen LogP contribution < -0.4 is 5.32 Å². The summed E-state index contributed by atoms with van der Waals surface area (Å²) in [5.41, 5.74) is 0. The third-order valence-electron chi connectivity index (χ3n) is 2.58. The highest BCUT2D eigenvalue weighted by Crippen LogP contribution is 2.08. The zero-order chi connectivity index (χ0) is 13.5. The maximum absolute atomic E-state index is 11.0. The van der Waals surface area contributed by atoms with Crippen molar-refractivity contribution in [3.63, 3.8) is 0 Å². The lowest BCUT2D eigenvalue weighted by atomic mass is 10.2. The van der Waals surface area contributed by atoms with E-state index in [4.69, 9.17) is 0 Å². The molecule has 2 atom stereocenters. The number of rotatable bonds is 8. The summed E-state index contributed by atoms with van der Waals surface area (Å²) in [5, 5.41) is 15.1. The first-order valence-corrected chi connectivity index (χ1v) is 8.03. The zero-order valence-corrected chi connectivity index (χ0v) is 12.4. The minimum Gasteiger partial charge on any atom is -0.307 e. The second-order valence-electron chi connectivity index (χ2n) is 4.91. The molecule has 0 aliphatic rings. The van der Waals surface area contributed by atoms with Crippen LogP contribution in [0.4, 0.5) is 0 Å². The van der Waals surface area contributed by atoms with E-state index in [1.165, 1.54) is 0 Å². The lowest BCUT2D eigenvalue weighted by molar-refractivity contribution is 0.451. The number of nitrogens with one attached hydrogen (secondary N) is 1. The van der Waals surface area contributed by atoms with Crippen molar-refractivity contribution in [2.45, 2.75) is 39.8 Å². The molecule has 2 unspecified atom stereocenters. The quantitative estimate of drug-likeness (QED) is 0.756. The molecule has 1 rings (SSSR count).